The summed E-state index contributed by atoms with van der Waals surface area (Å²) in [5, 5.41) is 14.4. The molecule has 2 aromatic heterocycles. The van der Waals surface area contributed by atoms with Gasteiger partial charge in [-0.3, -0.25) is 9.67 Å². The molecule has 0 aliphatic carbocycles. The van der Waals surface area contributed by atoms with Gasteiger partial charge in [0, 0.05) is 45.5 Å². The first-order valence-electron chi connectivity index (χ1n) is 6.99. The number of aryl methyl sites for hydroxylation is 2. The van der Waals surface area contributed by atoms with E-state index < -0.39 is 0 Å². The minimum absolute atomic E-state index is 0. The highest BCUT2D eigenvalue weighted by atomic mass is 127. The Morgan fingerprint density at radius 1 is 1.36 bits per heavy atom. The molecule has 2 N–H and O–H groups in total. The fourth-order valence-corrected chi connectivity index (χ4v) is 1.83. The Balaban J connectivity index is 0.00000242. The molecule has 22 heavy (non-hydrogen) atoms. The molecule has 2 heterocycles. The third kappa shape index (κ3) is 6.41. The van der Waals surface area contributed by atoms with Crippen LogP contribution in [0.25, 0.3) is 0 Å². The standard InChI is InChI=1S/C13H21N7O.HI/c1-11-18-12(21-19-11)5-8-16-13(14-2)15-6-3-9-20-10-4-7-17-20;/h4,7,10H,3,5-6,8-9H2,1-2H3,(H2,14,15,16);1H. The summed E-state index contributed by atoms with van der Waals surface area (Å²) >= 11 is 0. The van der Waals surface area contributed by atoms with Crippen molar-refractivity contribution in [3.63, 3.8) is 0 Å². The zero-order chi connectivity index (χ0) is 14.9. The molecule has 0 saturated carbocycles. The molecule has 0 aliphatic heterocycles. The molecule has 0 amide bonds. The van der Waals surface area contributed by atoms with Gasteiger partial charge in [-0.05, 0) is 19.4 Å². The summed E-state index contributed by atoms with van der Waals surface area (Å²) in [5.41, 5.74) is 0. The molecular weight excluding hydrogens is 397 g/mol. The summed E-state index contributed by atoms with van der Waals surface area (Å²) in [6.07, 6.45) is 5.40. The molecule has 2 aromatic rings. The van der Waals surface area contributed by atoms with E-state index in [4.69, 9.17) is 4.52 Å². The number of hydrogen-bond acceptors (Lipinski definition) is 5. The Hall–Kier alpha value is -1.65. The van der Waals surface area contributed by atoms with E-state index >= 15 is 0 Å². The van der Waals surface area contributed by atoms with Crippen LogP contribution in [0, 0.1) is 6.92 Å². The average Bonchev–Trinajstić information content (AvgIpc) is 3.13. The van der Waals surface area contributed by atoms with Gasteiger partial charge in [-0.15, -0.1) is 24.0 Å². The molecule has 0 bridgehead atoms. The van der Waals surface area contributed by atoms with Gasteiger partial charge in [0.15, 0.2) is 11.8 Å². The van der Waals surface area contributed by atoms with E-state index in [1.165, 1.54) is 0 Å². The van der Waals surface area contributed by atoms with Crippen LogP contribution in [0.1, 0.15) is 18.1 Å². The van der Waals surface area contributed by atoms with Crippen LogP contribution >= 0.6 is 24.0 Å². The third-order valence-electron chi connectivity index (χ3n) is 2.84. The van der Waals surface area contributed by atoms with Gasteiger partial charge in [-0.1, -0.05) is 5.16 Å². The molecule has 0 radical (unpaired) electrons. The number of nitrogens with one attached hydrogen (secondary N) is 2. The Labute approximate surface area is 146 Å². The normalized spacial score (nSPS) is 11.1. The van der Waals surface area contributed by atoms with Gasteiger partial charge in [0.05, 0.1) is 0 Å². The van der Waals surface area contributed by atoms with Crippen LogP contribution < -0.4 is 10.6 Å². The zero-order valence-corrected chi connectivity index (χ0v) is 15.2. The second kappa shape index (κ2) is 10.1. The molecule has 0 saturated heterocycles. The van der Waals surface area contributed by atoms with Crippen molar-refractivity contribution in [1.82, 2.24) is 30.6 Å². The van der Waals surface area contributed by atoms with Gasteiger partial charge in [-0.25, -0.2) is 0 Å². The first-order valence-corrected chi connectivity index (χ1v) is 6.99. The quantitative estimate of drug-likeness (QED) is 0.301. The van der Waals surface area contributed by atoms with Crippen LogP contribution in [0.4, 0.5) is 0 Å². The van der Waals surface area contributed by atoms with Crippen molar-refractivity contribution in [2.45, 2.75) is 26.3 Å². The zero-order valence-electron chi connectivity index (χ0n) is 12.8. The lowest BCUT2D eigenvalue weighted by Crippen LogP contribution is -2.39. The average molecular weight is 419 g/mol. The summed E-state index contributed by atoms with van der Waals surface area (Å²) in [6.45, 7) is 4.22. The molecule has 0 fully saturated rings. The van der Waals surface area contributed by atoms with Gasteiger partial charge in [0.25, 0.3) is 0 Å². The van der Waals surface area contributed by atoms with Gasteiger partial charge >= 0.3 is 0 Å². The molecule has 122 valence electrons. The largest absolute Gasteiger partial charge is 0.356 e. The number of halogens is 1. The van der Waals surface area contributed by atoms with Crippen LogP contribution in [-0.4, -0.2) is 46.0 Å². The number of aromatic nitrogens is 4. The summed E-state index contributed by atoms with van der Waals surface area (Å²) in [5.74, 6) is 2.06. The summed E-state index contributed by atoms with van der Waals surface area (Å²) in [6, 6.07) is 1.92. The van der Waals surface area contributed by atoms with Crippen molar-refractivity contribution in [2.24, 2.45) is 4.99 Å². The summed E-state index contributed by atoms with van der Waals surface area (Å²) in [4.78, 5) is 8.31. The van der Waals surface area contributed by atoms with Crippen LogP contribution in [0.3, 0.4) is 0 Å². The Morgan fingerprint density at radius 3 is 2.82 bits per heavy atom. The fourth-order valence-electron chi connectivity index (χ4n) is 1.83. The Morgan fingerprint density at radius 2 is 2.18 bits per heavy atom. The van der Waals surface area contributed by atoms with E-state index in [1.54, 1.807) is 20.2 Å². The molecular formula is C13H22IN7O. The summed E-state index contributed by atoms with van der Waals surface area (Å²) in [7, 11) is 1.75. The SMILES string of the molecule is CN=C(NCCCn1cccn1)NCCc1nc(C)no1.I. The monoisotopic (exact) mass is 419 g/mol. The molecule has 8 nitrogen and oxygen atoms in total. The first kappa shape index (κ1) is 18.4. The van der Waals surface area contributed by atoms with Crippen LogP contribution in [0.5, 0.6) is 0 Å². The highest BCUT2D eigenvalue weighted by Gasteiger charge is 2.03. The maximum Gasteiger partial charge on any atom is 0.228 e. The molecule has 0 aliphatic rings. The topological polar surface area (TPSA) is 93.2 Å². The van der Waals surface area contributed by atoms with Crippen LogP contribution in [0.2, 0.25) is 0 Å². The first-order chi connectivity index (χ1) is 10.3. The van der Waals surface area contributed by atoms with Gasteiger partial charge in [0.2, 0.25) is 5.89 Å². The molecule has 9 heteroatoms. The molecule has 0 unspecified atom stereocenters. The highest BCUT2D eigenvalue weighted by molar-refractivity contribution is 14.0. The number of rotatable bonds is 7. The Bertz CT molecular complexity index is 552. The van der Waals surface area contributed by atoms with E-state index in [1.807, 2.05) is 16.9 Å². The van der Waals surface area contributed by atoms with Crippen molar-refractivity contribution < 1.29 is 4.52 Å². The minimum Gasteiger partial charge on any atom is -0.356 e. The number of aliphatic imine (C=N–C) groups is 1. The predicted octanol–water partition coefficient (Wildman–Crippen LogP) is 0.990. The van der Waals surface area contributed by atoms with Crippen LogP contribution in [-0.2, 0) is 13.0 Å². The molecule has 0 spiro atoms. The number of guanidine groups is 1. The van der Waals surface area contributed by atoms with E-state index in [9.17, 15) is 0 Å². The second-order valence-electron chi connectivity index (χ2n) is 4.53. The predicted molar refractivity (Wildman–Crippen MR) is 94.4 cm³/mol. The second-order valence-corrected chi connectivity index (χ2v) is 4.53. The number of hydrogen-bond donors (Lipinski definition) is 2. The minimum atomic E-state index is 0. The van der Waals surface area contributed by atoms with E-state index in [0.717, 1.165) is 25.5 Å². The maximum absolute atomic E-state index is 5.05. The Kier molecular flexibility index (Phi) is 8.48. The summed E-state index contributed by atoms with van der Waals surface area (Å²) < 4.78 is 6.96. The fraction of sp³-hybridized carbons (Fsp3) is 0.538. The van der Waals surface area contributed by atoms with Crippen molar-refractivity contribution in [3.8, 4) is 0 Å². The third-order valence-corrected chi connectivity index (χ3v) is 2.84. The van der Waals surface area contributed by atoms with E-state index in [0.29, 0.717) is 24.7 Å². The van der Waals surface area contributed by atoms with E-state index in [2.05, 4.69) is 30.9 Å². The van der Waals surface area contributed by atoms with Crippen molar-refractivity contribution >= 4 is 29.9 Å². The van der Waals surface area contributed by atoms with E-state index in [-0.39, 0.29) is 24.0 Å². The van der Waals surface area contributed by atoms with Crippen molar-refractivity contribution in [3.05, 3.63) is 30.2 Å². The van der Waals surface area contributed by atoms with Crippen molar-refractivity contribution in [2.75, 3.05) is 20.1 Å². The van der Waals surface area contributed by atoms with Crippen molar-refractivity contribution in [1.29, 1.82) is 0 Å². The maximum atomic E-state index is 5.05. The lowest BCUT2D eigenvalue weighted by atomic mass is 10.4. The van der Waals surface area contributed by atoms with Gasteiger partial charge in [-0.2, -0.15) is 10.1 Å². The molecule has 2 rings (SSSR count). The smallest absolute Gasteiger partial charge is 0.228 e. The lowest BCUT2D eigenvalue weighted by molar-refractivity contribution is 0.374. The number of nitrogens with zero attached hydrogens (tertiary/aromatic N) is 5. The van der Waals surface area contributed by atoms with Crippen LogP contribution in [0.15, 0.2) is 28.0 Å². The highest BCUT2D eigenvalue weighted by Crippen LogP contribution is 1.95. The van der Waals surface area contributed by atoms with Gasteiger partial charge in [0.1, 0.15) is 0 Å². The van der Waals surface area contributed by atoms with Gasteiger partial charge < -0.3 is 15.2 Å². The molecule has 0 aromatic carbocycles. The molecule has 0 atom stereocenters. The lowest BCUT2D eigenvalue weighted by Gasteiger charge is -2.10.